The molecule has 7 heteroatoms. The normalized spacial score (nSPS) is 11.8. The van der Waals surface area contributed by atoms with E-state index in [9.17, 15) is 9.59 Å². The highest BCUT2D eigenvalue weighted by Gasteiger charge is 2.18. The fraction of sp³-hybridized carbons (Fsp3) is 0.389. The van der Waals surface area contributed by atoms with Crippen LogP contribution in [0.1, 0.15) is 37.4 Å². The first-order valence-electron chi connectivity index (χ1n) is 8.50. The zero-order valence-electron chi connectivity index (χ0n) is 14.7. The number of imidazole rings is 1. The fourth-order valence-electron chi connectivity index (χ4n) is 2.92. The molecule has 0 saturated heterocycles. The summed E-state index contributed by atoms with van der Waals surface area (Å²) in [7, 11) is 1.82. The van der Waals surface area contributed by atoms with Crippen LogP contribution in [0.3, 0.4) is 0 Å². The first-order valence-corrected chi connectivity index (χ1v) is 9.38. The van der Waals surface area contributed by atoms with Crippen LogP contribution in [0.5, 0.6) is 0 Å². The Kier molecular flexibility index (Phi) is 5.03. The standard InChI is InChI=1S/C18H22N4O2S/c1-4-10-21-16-15(17(23)22(11-5-2)18(21)24)20(3)14(19-16)9-8-13-7-6-12-25-13/h6-9,12H,4-5,10-11H2,1-3H3/b9-8+. The molecule has 0 saturated carbocycles. The molecule has 0 aliphatic rings. The number of nitrogens with zero attached hydrogens (tertiary/aromatic N) is 4. The second-order valence-corrected chi connectivity index (χ2v) is 6.92. The molecule has 3 heterocycles. The van der Waals surface area contributed by atoms with Crippen molar-refractivity contribution >= 4 is 34.7 Å². The van der Waals surface area contributed by atoms with Crippen molar-refractivity contribution in [1.29, 1.82) is 0 Å². The average Bonchev–Trinajstić information content (AvgIpc) is 3.22. The van der Waals surface area contributed by atoms with Gasteiger partial charge < -0.3 is 4.57 Å². The molecule has 132 valence electrons. The van der Waals surface area contributed by atoms with Crippen LogP contribution in [0.15, 0.2) is 27.1 Å². The van der Waals surface area contributed by atoms with Gasteiger partial charge in [0.05, 0.1) is 0 Å². The molecule has 25 heavy (non-hydrogen) atoms. The minimum absolute atomic E-state index is 0.264. The Hall–Kier alpha value is -2.41. The Labute approximate surface area is 149 Å². The van der Waals surface area contributed by atoms with Crippen LogP contribution in [0.4, 0.5) is 0 Å². The summed E-state index contributed by atoms with van der Waals surface area (Å²) in [5.74, 6) is 0.666. The zero-order valence-corrected chi connectivity index (χ0v) is 15.5. The second-order valence-electron chi connectivity index (χ2n) is 5.94. The molecule has 0 spiro atoms. The summed E-state index contributed by atoms with van der Waals surface area (Å²) in [5.41, 5.74) is 0.415. The van der Waals surface area contributed by atoms with Gasteiger partial charge in [-0.1, -0.05) is 19.9 Å². The van der Waals surface area contributed by atoms with Crippen LogP contribution < -0.4 is 11.2 Å². The largest absolute Gasteiger partial charge is 0.332 e. The molecule has 0 N–H and O–H groups in total. The molecule has 0 aliphatic heterocycles. The maximum absolute atomic E-state index is 12.8. The molecule has 0 atom stereocenters. The van der Waals surface area contributed by atoms with Gasteiger partial charge in [0.1, 0.15) is 5.82 Å². The molecule has 6 nitrogen and oxygen atoms in total. The average molecular weight is 358 g/mol. The first kappa shape index (κ1) is 17.4. The summed E-state index contributed by atoms with van der Waals surface area (Å²) in [5, 5.41) is 2.01. The molecular weight excluding hydrogens is 336 g/mol. The molecule has 0 aromatic carbocycles. The highest BCUT2D eigenvalue weighted by molar-refractivity contribution is 7.10. The molecular formula is C18H22N4O2S. The van der Waals surface area contributed by atoms with E-state index in [0.717, 1.165) is 17.7 Å². The van der Waals surface area contributed by atoms with Crippen molar-refractivity contribution in [2.75, 3.05) is 0 Å². The zero-order chi connectivity index (χ0) is 18.0. The van der Waals surface area contributed by atoms with E-state index >= 15 is 0 Å². The summed E-state index contributed by atoms with van der Waals surface area (Å²) in [4.78, 5) is 31.2. The third-order valence-corrected chi connectivity index (χ3v) is 4.95. The van der Waals surface area contributed by atoms with E-state index < -0.39 is 0 Å². The monoisotopic (exact) mass is 358 g/mol. The molecule has 0 radical (unpaired) electrons. The minimum Gasteiger partial charge on any atom is -0.322 e. The van der Waals surface area contributed by atoms with Gasteiger partial charge >= 0.3 is 5.69 Å². The van der Waals surface area contributed by atoms with E-state index in [1.807, 2.05) is 50.6 Å². The first-order chi connectivity index (χ1) is 12.1. The van der Waals surface area contributed by atoms with Crippen LogP contribution in [0, 0.1) is 0 Å². The van der Waals surface area contributed by atoms with E-state index in [-0.39, 0.29) is 11.2 Å². The predicted octanol–water partition coefficient (Wildman–Crippen LogP) is 2.95. The number of fused-ring (bicyclic) bond motifs is 1. The number of hydrogen-bond donors (Lipinski definition) is 0. The van der Waals surface area contributed by atoms with Crippen LogP contribution in [-0.2, 0) is 20.1 Å². The summed E-state index contributed by atoms with van der Waals surface area (Å²) >= 11 is 1.64. The van der Waals surface area contributed by atoms with E-state index in [2.05, 4.69) is 4.98 Å². The molecule has 0 amide bonds. The number of aryl methyl sites for hydroxylation is 2. The van der Waals surface area contributed by atoms with Gasteiger partial charge in [0.2, 0.25) is 0 Å². The van der Waals surface area contributed by atoms with Gasteiger partial charge in [0, 0.05) is 25.0 Å². The highest BCUT2D eigenvalue weighted by Crippen LogP contribution is 2.16. The molecule has 3 aromatic heterocycles. The van der Waals surface area contributed by atoms with Gasteiger partial charge in [0.25, 0.3) is 5.56 Å². The van der Waals surface area contributed by atoms with Gasteiger partial charge in [0.15, 0.2) is 11.2 Å². The molecule has 3 aromatic rings. The van der Waals surface area contributed by atoms with Gasteiger partial charge in [-0.3, -0.25) is 13.9 Å². The lowest BCUT2D eigenvalue weighted by atomic mass is 10.4. The molecule has 0 aliphatic carbocycles. The van der Waals surface area contributed by atoms with Crippen molar-refractivity contribution in [3.63, 3.8) is 0 Å². The van der Waals surface area contributed by atoms with Gasteiger partial charge in [-0.05, 0) is 36.4 Å². The van der Waals surface area contributed by atoms with Crippen molar-refractivity contribution in [2.24, 2.45) is 7.05 Å². The SMILES string of the molecule is CCCn1c(=O)c2c(nc(/C=C/c3cccs3)n2C)n(CCC)c1=O. The van der Waals surface area contributed by atoms with Crippen molar-refractivity contribution in [1.82, 2.24) is 18.7 Å². The minimum atomic E-state index is -0.270. The number of thiophene rings is 1. The van der Waals surface area contributed by atoms with Crippen LogP contribution in [0.2, 0.25) is 0 Å². The molecule has 0 fully saturated rings. The predicted molar refractivity (Wildman–Crippen MR) is 103 cm³/mol. The lowest BCUT2D eigenvalue weighted by Crippen LogP contribution is -2.40. The van der Waals surface area contributed by atoms with E-state index in [1.54, 1.807) is 20.5 Å². The number of hydrogen-bond acceptors (Lipinski definition) is 4. The van der Waals surface area contributed by atoms with E-state index in [1.165, 1.54) is 4.57 Å². The Morgan fingerprint density at radius 3 is 2.48 bits per heavy atom. The van der Waals surface area contributed by atoms with Crippen LogP contribution >= 0.6 is 11.3 Å². The number of rotatable bonds is 6. The van der Waals surface area contributed by atoms with Gasteiger partial charge in [-0.15, -0.1) is 11.3 Å². The highest BCUT2D eigenvalue weighted by atomic mass is 32.1. The smallest absolute Gasteiger partial charge is 0.322 e. The topological polar surface area (TPSA) is 61.8 Å². The Morgan fingerprint density at radius 2 is 1.84 bits per heavy atom. The lowest BCUT2D eigenvalue weighted by Gasteiger charge is -2.10. The summed E-state index contributed by atoms with van der Waals surface area (Å²) in [6.07, 6.45) is 5.39. The van der Waals surface area contributed by atoms with Crippen molar-refractivity contribution in [3.05, 3.63) is 49.1 Å². The fourth-order valence-corrected chi connectivity index (χ4v) is 3.54. The van der Waals surface area contributed by atoms with Crippen LogP contribution in [-0.4, -0.2) is 18.7 Å². The van der Waals surface area contributed by atoms with Crippen molar-refractivity contribution in [2.45, 2.75) is 39.8 Å². The molecule has 0 bridgehead atoms. The van der Waals surface area contributed by atoms with Gasteiger partial charge in [-0.2, -0.15) is 0 Å². The van der Waals surface area contributed by atoms with Gasteiger partial charge in [-0.25, -0.2) is 9.78 Å². The molecule has 3 rings (SSSR count). The summed E-state index contributed by atoms with van der Waals surface area (Å²) in [6.45, 7) is 4.93. The second kappa shape index (κ2) is 7.23. The van der Waals surface area contributed by atoms with E-state index in [4.69, 9.17) is 0 Å². The quantitative estimate of drug-likeness (QED) is 0.681. The Morgan fingerprint density at radius 1 is 1.12 bits per heavy atom. The lowest BCUT2D eigenvalue weighted by molar-refractivity contribution is 0.554. The maximum Gasteiger partial charge on any atom is 0.332 e. The Balaban J connectivity index is 2.25. The third-order valence-electron chi connectivity index (χ3n) is 4.11. The van der Waals surface area contributed by atoms with E-state index in [0.29, 0.717) is 30.1 Å². The summed E-state index contributed by atoms with van der Waals surface area (Å²) < 4.78 is 4.72. The molecule has 0 unspecified atom stereocenters. The van der Waals surface area contributed by atoms with Crippen molar-refractivity contribution < 1.29 is 0 Å². The van der Waals surface area contributed by atoms with Crippen molar-refractivity contribution in [3.8, 4) is 0 Å². The maximum atomic E-state index is 12.8. The Bertz CT molecular complexity index is 1020. The summed E-state index contributed by atoms with van der Waals surface area (Å²) in [6, 6.07) is 4.01. The number of aromatic nitrogens is 4. The van der Waals surface area contributed by atoms with Crippen LogP contribution in [0.25, 0.3) is 23.3 Å². The third kappa shape index (κ3) is 3.11.